The van der Waals surface area contributed by atoms with Crippen LogP contribution in [0.15, 0.2) is 42.6 Å². The minimum Gasteiger partial charge on any atom is -0.497 e. The molecule has 136 valence electrons. The number of aliphatic hydroxyl groups is 2. The zero-order chi connectivity index (χ0) is 18.7. The predicted molar refractivity (Wildman–Crippen MR) is 97.8 cm³/mol. The molecule has 3 aromatic rings. The SMILES string of the molecule is COc1cccc(C(O)c2ncc(CO)c3cc(OC)c(OC)cc23)c1. The van der Waals surface area contributed by atoms with Crippen LogP contribution in [0, 0.1) is 0 Å². The highest BCUT2D eigenvalue weighted by molar-refractivity contribution is 5.91. The van der Waals surface area contributed by atoms with Crippen LogP contribution in [-0.2, 0) is 6.61 Å². The molecule has 0 aliphatic heterocycles. The number of hydrogen-bond acceptors (Lipinski definition) is 6. The van der Waals surface area contributed by atoms with E-state index in [1.54, 1.807) is 51.8 Å². The summed E-state index contributed by atoms with van der Waals surface area (Å²) < 4.78 is 16.0. The molecule has 6 nitrogen and oxygen atoms in total. The molecular weight excluding hydrogens is 334 g/mol. The van der Waals surface area contributed by atoms with Gasteiger partial charge in [0.1, 0.15) is 11.9 Å². The zero-order valence-electron chi connectivity index (χ0n) is 14.9. The number of fused-ring (bicyclic) bond motifs is 1. The van der Waals surface area contributed by atoms with Crippen molar-refractivity contribution in [2.45, 2.75) is 12.7 Å². The molecule has 3 rings (SSSR count). The van der Waals surface area contributed by atoms with Crippen molar-refractivity contribution >= 4 is 10.8 Å². The van der Waals surface area contributed by atoms with Gasteiger partial charge < -0.3 is 24.4 Å². The van der Waals surface area contributed by atoms with E-state index in [2.05, 4.69) is 4.98 Å². The highest BCUT2D eigenvalue weighted by Crippen LogP contribution is 2.37. The second-order valence-corrected chi connectivity index (χ2v) is 5.76. The van der Waals surface area contributed by atoms with E-state index in [9.17, 15) is 10.2 Å². The molecule has 26 heavy (non-hydrogen) atoms. The Kier molecular flexibility index (Phi) is 5.25. The number of ether oxygens (including phenoxy) is 3. The summed E-state index contributed by atoms with van der Waals surface area (Å²) in [5.74, 6) is 1.72. The van der Waals surface area contributed by atoms with E-state index >= 15 is 0 Å². The quantitative estimate of drug-likeness (QED) is 0.708. The first-order valence-electron chi connectivity index (χ1n) is 8.09. The maximum absolute atomic E-state index is 10.9. The molecule has 0 fully saturated rings. The van der Waals surface area contributed by atoms with Gasteiger partial charge in [-0.25, -0.2) is 0 Å². The molecule has 1 unspecified atom stereocenters. The van der Waals surface area contributed by atoms with Gasteiger partial charge in [0.25, 0.3) is 0 Å². The third-order valence-electron chi connectivity index (χ3n) is 4.34. The maximum Gasteiger partial charge on any atom is 0.161 e. The first-order valence-corrected chi connectivity index (χ1v) is 8.09. The molecular formula is C20H21NO5. The average molecular weight is 355 g/mol. The first kappa shape index (κ1) is 18.0. The second kappa shape index (κ2) is 7.59. The molecule has 1 atom stereocenters. The molecule has 1 heterocycles. The van der Waals surface area contributed by atoms with E-state index in [0.29, 0.717) is 39.5 Å². The number of methoxy groups -OCH3 is 3. The smallest absolute Gasteiger partial charge is 0.161 e. The lowest BCUT2D eigenvalue weighted by Gasteiger charge is -2.17. The standard InChI is InChI=1S/C20H21NO5/c1-24-14-6-4-5-12(7-14)20(23)19-16-9-18(26-3)17(25-2)8-15(16)13(11-22)10-21-19/h4-10,20,22-23H,11H2,1-3H3. The molecule has 0 aliphatic carbocycles. The summed E-state index contributed by atoms with van der Waals surface area (Å²) in [4.78, 5) is 4.39. The van der Waals surface area contributed by atoms with Gasteiger partial charge in [-0.2, -0.15) is 0 Å². The number of benzene rings is 2. The molecule has 0 saturated heterocycles. The van der Waals surface area contributed by atoms with Gasteiger partial charge >= 0.3 is 0 Å². The summed E-state index contributed by atoms with van der Waals surface area (Å²) in [5.41, 5.74) is 1.76. The minimum atomic E-state index is -0.960. The summed E-state index contributed by atoms with van der Waals surface area (Å²) in [6, 6.07) is 10.7. The van der Waals surface area contributed by atoms with Gasteiger partial charge in [-0.1, -0.05) is 12.1 Å². The van der Waals surface area contributed by atoms with Crippen molar-refractivity contribution in [2.75, 3.05) is 21.3 Å². The van der Waals surface area contributed by atoms with Gasteiger partial charge in [0.05, 0.1) is 33.6 Å². The fourth-order valence-electron chi connectivity index (χ4n) is 2.96. The van der Waals surface area contributed by atoms with Crippen molar-refractivity contribution in [1.82, 2.24) is 4.98 Å². The van der Waals surface area contributed by atoms with Gasteiger partial charge in [-0.3, -0.25) is 4.98 Å². The van der Waals surface area contributed by atoms with Crippen LogP contribution in [0.3, 0.4) is 0 Å². The summed E-state index contributed by atoms with van der Waals surface area (Å²) in [7, 11) is 4.67. The second-order valence-electron chi connectivity index (χ2n) is 5.76. The predicted octanol–water partition coefficient (Wildman–Crippen LogP) is 2.83. The fourth-order valence-corrected chi connectivity index (χ4v) is 2.96. The van der Waals surface area contributed by atoms with Crippen LogP contribution in [0.1, 0.15) is 22.9 Å². The number of pyridine rings is 1. The number of aromatic nitrogens is 1. The first-order chi connectivity index (χ1) is 12.6. The largest absolute Gasteiger partial charge is 0.497 e. The van der Waals surface area contributed by atoms with Gasteiger partial charge in [0, 0.05) is 17.1 Å². The molecule has 2 aromatic carbocycles. The molecule has 0 bridgehead atoms. The Bertz CT molecular complexity index is 925. The van der Waals surface area contributed by atoms with Crippen molar-refractivity contribution in [3.05, 3.63) is 59.4 Å². The highest BCUT2D eigenvalue weighted by Gasteiger charge is 2.19. The molecule has 0 radical (unpaired) electrons. The molecule has 0 aliphatic rings. The lowest BCUT2D eigenvalue weighted by molar-refractivity contribution is 0.216. The van der Waals surface area contributed by atoms with Crippen LogP contribution >= 0.6 is 0 Å². The monoisotopic (exact) mass is 355 g/mol. The van der Waals surface area contributed by atoms with Crippen LogP contribution in [0.2, 0.25) is 0 Å². The van der Waals surface area contributed by atoms with E-state index in [1.807, 2.05) is 12.1 Å². The minimum absolute atomic E-state index is 0.172. The number of aliphatic hydroxyl groups excluding tert-OH is 2. The molecule has 0 saturated carbocycles. The number of hydrogen-bond donors (Lipinski definition) is 2. The number of rotatable bonds is 6. The summed E-state index contributed by atoms with van der Waals surface area (Å²) in [6.07, 6.45) is 0.603. The van der Waals surface area contributed by atoms with Crippen LogP contribution in [-0.4, -0.2) is 36.5 Å². The summed E-state index contributed by atoms with van der Waals surface area (Å²) in [6.45, 7) is -0.172. The maximum atomic E-state index is 10.9. The van der Waals surface area contributed by atoms with Crippen molar-refractivity contribution in [3.8, 4) is 17.2 Å². The highest BCUT2D eigenvalue weighted by atomic mass is 16.5. The Balaban J connectivity index is 2.21. The molecule has 1 aromatic heterocycles. The molecule has 0 amide bonds. The summed E-state index contributed by atoms with van der Waals surface area (Å²) in [5, 5.41) is 22.0. The Labute approximate surface area is 151 Å². The van der Waals surface area contributed by atoms with E-state index in [0.717, 1.165) is 5.39 Å². The van der Waals surface area contributed by atoms with Gasteiger partial charge in [0.2, 0.25) is 0 Å². The number of nitrogens with zero attached hydrogens (tertiary/aromatic N) is 1. The molecule has 6 heteroatoms. The normalized spacial score (nSPS) is 12.0. The van der Waals surface area contributed by atoms with E-state index in [-0.39, 0.29) is 6.61 Å². The van der Waals surface area contributed by atoms with Crippen molar-refractivity contribution in [3.63, 3.8) is 0 Å². The molecule has 2 N–H and O–H groups in total. The van der Waals surface area contributed by atoms with Gasteiger partial charge in [-0.05, 0) is 35.2 Å². The Morgan fingerprint density at radius 3 is 2.27 bits per heavy atom. The Morgan fingerprint density at radius 2 is 1.65 bits per heavy atom. The third-order valence-corrected chi connectivity index (χ3v) is 4.34. The average Bonchev–Trinajstić information content (AvgIpc) is 2.71. The Morgan fingerprint density at radius 1 is 0.962 bits per heavy atom. The van der Waals surface area contributed by atoms with Crippen molar-refractivity contribution < 1.29 is 24.4 Å². The van der Waals surface area contributed by atoms with E-state index in [4.69, 9.17) is 14.2 Å². The van der Waals surface area contributed by atoms with Crippen molar-refractivity contribution in [2.24, 2.45) is 0 Å². The summed E-state index contributed by atoms with van der Waals surface area (Å²) >= 11 is 0. The fraction of sp³-hybridized carbons (Fsp3) is 0.250. The third kappa shape index (κ3) is 3.16. The van der Waals surface area contributed by atoms with E-state index in [1.165, 1.54) is 0 Å². The topological polar surface area (TPSA) is 81.0 Å². The zero-order valence-corrected chi connectivity index (χ0v) is 14.9. The van der Waals surface area contributed by atoms with Crippen LogP contribution in [0.25, 0.3) is 10.8 Å². The van der Waals surface area contributed by atoms with Crippen LogP contribution in [0.4, 0.5) is 0 Å². The lowest BCUT2D eigenvalue weighted by Crippen LogP contribution is -2.05. The molecule has 0 spiro atoms. The van der Waals surface area contributed by atoms with Gasteiger partial charge in [-0.15, -0.1) is 0 Å². The Hall–Kier alpha value is -2.83. The lowest BCUT2D eigenvalue weighted by atomic mass is 9.98. The van der Waals surface area contributed by atoms with E-state index < -0.39 is 6.10 Å². The van der Waals surface area contributed by atoms with Crippen molar-refractivity contribution in [1.29, 1.82) is 0 Å². The van der Waals surface area contributed by atoms with Crippen LogP contribution < -0.4 is 14.2 Å². The van der Waals surface area contributed by atoms with Gasteiger partial charge in [0.15, 0.2) is 11.5 Å². The van der Waals surface area contributed by atoms with Crippen LogP contribution in [0.5, 0.6) is 17.2 Å².